The van der Waals surface area contributed by atoms with Crippen LogP contribution in [0.5, 0.6) is 11.5 Å². The topological polar surface area (TPSA) is 76.2 Å². The number of benzene rings is 1. The van der Waals surface area contributed by atoms with Gasteiger partial charge in [-0.05, 0) is 25.0 Å². The molecule has 0 aliphatic carbocycles. The molecule has 2 amide bonds. The Balaban J connectivity index is 1.38. The maximum Gasteiger partial charge on any atom is 0.225 e. The maximum absolute atomic E-state index is 12.9. The number of amides is 2. The molecule has 1 aromatic rings. The van der Waals surface area contributed by atoms with E-state index in [1.54, 1.807) is 32.2 Å². The lowest BCUT2D eigenvalue weighted by Crippen LogP contribution is -2.54. The fourth-order valence-electron chi connectivity index (χ4n) is 4.71. The summed E-state index contributed by atoms with van der Waals surface area (Å²) in [7, 11) is 1.59. The van der Waals surface area contributed by atoms with Crippen molar-refractivity contribution in [3.8, 4) is 11.5 Å². The molecule has 29 heavy (non-hydrogen) atoms. The number of ketones is 1. The van der Waals surface area contributed by atoms with Crippen LogP contribution in [0.15, 0.2) is 18.2 Å². The number of ether oxygens (including phenoxy) is 2. The number of carbonyl (C=O) groups excluding carboxylic acids is 3. The Morgan fingerprint density at radius 3 is 2.41 bits per heavy atom. The number of carbonyl (C=O) groups is 3. The summed E-state index contributed by atoms with van der Waals surface area (Å²) < 4.78 is 11.6. The fraction of sp³-hybridized carbons (Fsp3) is 0.591. The van der Waals surface area contributed by atoms with Crippen LogP contribution in [0.2, 0.25) is 0 Å². The van der Waals surface area contributed by atoms with Crippen LogP contribution in [0.25, 0.3) is 0 Å². The fourth-order valence-corrected chi connectivity index (χ4v) is 4.71. The van der Waals surface area contributed by atoms with Crippen molar-refractivity contribution in [2.45, 2.75) is 44.6 Å². The summed E-state index contributed by atoms with van der Waals surface area (Å²) in [5.74, 6) is 1.57. The first-order valence-electron chi connectivity index (χ1n) is 10.4. The van der Waals surface area contributed by atoms with Crippen molar-refractivity contribution in [1.82, 2.24) is 9.80 Å². The highest BCUT2D eigenvalue weighted by atomic mass is 16.5. The molecule has 4 rings (SSSR count). The summed E-state index contributed by atoms with van der Waals surface area (Å²) >= 11 is 0. The molecule has 2 fully saturated rings. The van der Waals surface area contributed by atoms with E-state index < -0.39 is 5.60 Å². The summed E-state index contributed by atoms with van der Waals surface area (Å²) in [6.07, 6.45) is 3.09. The van der Waals surface area contributed by atoms with Crippen molar-refractivity contribution in [3.05, 3.63) is 23.8 Å². The molecule has 3 aliphatic heterocycles. The lowest BCUT2D eigenvalue weighted by Gasteiger charge is -2.45. The summed E-state index contributed by atoms with van der Waals surface area (Å²) in [5.41, 5.74) is 0.0674. The number of likely N-dealkylation sites (tertiary alicyclic amines) is 2. The van der Waals surface area contributed by atoms with Gasteiger partial charge in [0.2, 0.25) is 11.8 Å². The van der Waals surface area contributed by atoms with Gasteiger partial charge < -0.3 is 19.3 Å². The first-order valence-corrected chi connectivity index (χ1v) is 10.4. The zero-order valence-electron chi connectivity index (χ0n) is 17.1. The van der Waals surface area contributed by atoms with Crippen LogP contribution in [0, 0.1) is 5.92 Å². The zero-order valence-corrected chi connectivity index (χ0v) is 17.1. The minimum Gasteiger partial charge on any atom is -0.497 e. The predicted octanol–water partition coefficient (Wildman–Crippen LogP) is 2.28. The average Bonchev–Trinajstić information content (AvgIpc) is 2.73. The Kier molecular flexibility index (Phi) is 5.23. The molecule has 0 atom stereocenters. The number of hydrogen-bond acceptors (Lipinski definition) is 5. The number of hydrogen-bond donors (Lipinski definition) is 0. The van der Waals surface area contributed by atoms with Crippen LogP contribution in [0.4, 0.5) is 0 Å². The molecule has 1 spiro atoms. The number of nitrogens with zero attached hydrogens (tertiary/aromatic N) is 2. The predicted molar refractivity (Wildman–Crippen MR) is 106 cm³/mol. The number of piperidine rings is 2. The summed E-state index contributed by atoms with van der Waals surface area (Å²) in [4.78, 5) is 40.8. The quantitative estimate of drug-likeness (QED) is 0.761. The molecule has 0 radical (unpaired) electrons. The molecule has 2 saturated heterocycles. The van der Waals surface area contributed by atoms with E-state index in [2.05, 4.69) is 0 Å². The molecule has 0 aromatic heterocycles. The van der Waals surface area contributed by atoms with Crippen LogP contribution in [0.1, 0.15) is 49.4 Å². The molecular formula is C22H28N2O5. The molecular weight excluding hydrogens is 372 g/mol. The molecule has 7 heteroatoms. The van der Waals surface area contributed by atoms with Crippen molar-refractivity contribution in [3.63, 3.8) is 0 Å². The van der Waals surface area contributed by atoms with Gasteiger partial charge in [0.15, 0.2) is 5.78 Å². The number of methoxy groups -OCH3 is 1. The monoisotopic (exact) mass is 400 g/mol. The van der Waals surface area contributed by atoms with E-state index in [0.717, 1.165) is 12.8 Å². The van der Waals surface area contributed by atoms with Gasteiger partial charge in [0.05, 0.1) is 19.1 Å². The van der Waals surface area contributed by atoms with E-state index >= 15 is 0 Å². The summed E-state index contributed by atoms with van der Waals surface area (Å²) in [6.45, 7) is 4.07. The van der Waals surface area contributed by atoms with E-state index in [4.69, 9.17) is 9.47 Å². The highest BCUT2D eigenvalue weighted by Crippen LogP contribution is 2.41. The Hall–Kier alpha value is -2.57. The first-order chi connectivity index (χ1) is 13.9. The van der Waals surface area contributed by atoms with Crippen molar-refractivity contribution in [2.75, 3.05) is 33.3 Å². The Morgan fingerprint density at radius 2 is 1.79 bits per heavy atom. The lowest BCUT2D eigenvalue weighted by molar-refractivity contribution is -0.143. The second-order valence-corrected chi connectivity index (χ2v) is 8.35. The van der Waals surface area contributed by atoms with E-state index in [0.29, 0.717) is 62.5 Å². The minimum absolute atomic E-state index is 0.0152. The third kappa shape index (κ3) is 3.82. The SMILES string of the molecule is COc1ccc2c(c1)OC1(CCN(C(=O)C3CCN(C(C)=O)CC3)CC1)CC2=O. The van der Waals surface area contributed by atoms with Gasteiger partial charge in [-0.15, -0.1) is 0 Å². The Bertz CT molecular complexity index is 820. The number of rotatable bonds is 2. The van der Waals surface area contributed by atoms with Gasteiger partial charge in [-0.1, -0.05) is 0 Å². The Morgan fingerprint density at radius 1 is 1.10 bits per heavy atom. The molecule has 7 nitrogen and oxygen atoms in total. The van der Waals surface area contributed by atoms with Gasteiger partial charge >= 0.3 is 0 Å². The van der Waals surface area contributed by atoms with E-state index in [1.807, 2.05) is 9.80 Å². The van der Waals surface area contributed by atoms with Crippen molar-refractivity contribution in [1.29, 1.82) is 0 Å². The molecule has 3 aliphatic rings. The van der Waals surface area contributed by atoms with Gasteiger partial charge in [-0.3, -0.25) is 14.4 Å². The second kappa shape index (κ2) is 7.69. The molecule has 0 saturated carbocycles. The number of fused-ring (bicyclic) bond motifs is 1. The van der Waals surface area contributed by atoms with Crippen LogP contribution in [-0.2, 0) is 9.59 Å². The van der Waals surface area contributed by atoms with Gasteiger partial charge in [0.1, 0.15) is 17.1 Å². The Labute approximate surface area is 170 Å². The van der Waals surface area contributed by atoms with Crippen molar-refractivity contribution < 1.29 is 23.9 Å². The van der Waals surface area contributed by atoms with Gasteiger partial charge in [0.25, 0.3) is 0 Å². The third-order valence-corrected chi connectivity index (χ3v) is 6.57. The van der Waals surface area contributed by atoms with Crippen LogP contribution in [0.3, 0.4) is 0 Å². The molecule has 0 N–H and O–H groups in total. The van der Waals surface area contributed by atoms with Gasteiger partial charge in [0, 0.05) is 57.9 Å². The van der Waals surface area contributed by atoms with E-state index in [1.165, 1.54) is 0 Å². The summed E-state index contributed by atoms with van der Waals surface area (Å²) in [5, 5.41) is 0. The van der Waals surface area contributed by atoms with E-state index in [-0.39, 0.29) is 23.5 Å². The highest BCUT2D eigenvalue weighted by molar-refractivity contribution is 6.00. The normalized spacial score (nSPS) is 21.5. The lowest BCUT2D eigenvalue weighted by atomic mass is 9.82. The van der Waals surface area contributed by atoms with Crippen LogP contribution < -0.4 is 9.47 Å². The van der Waals surface area contributed by atoms with Gasteiger partial charge in [-0.2, -0.15) is 0 Å². The standard InChI is InChI=1S/C22H28N2O5/c1-15(25)23-9-5-16(6-10-23)21(27)24-11-7-22(8-12-24)14-19(26)18-4-3-17(28-2)13-20(18)29-22/h3-4,13,16H,5-12,14H2,1-2H3. The number of Topliss-reactive ketones (excluding diaryl/α,β-unsaturated/α-hetero) is 1. The van der Waals surface area contributed by atoms with Crippen LogP contribution >= 0.6 is 0 Å². The molecule has 156 valence electrons. The summed E-state index contributed by atoms with van der Waals surface area (Å²) in [6, 6.07) is 5.31. The zero-order chi connectivity index (χ0) is 20.6. The maximum atomic E-state index is 12.9. The third-order valence-electron chi connectivity index (χ3n) is 6.57. The van der Waals surface area contributed by atoms with E-state index in [9.17, 15) is 14.4 Å². The van der Waals surface area contributed by atoms with Crippen molar-refractivity contribution >= 4 is 17.6 Å². The average molecular weight is 400 g/mol. The largest absolute Gasteiger partial charge is 0.497 e. The molecule has 1 aromatic carbocycles. The molecule has 0 bridgehead atoms. The van der Waals surface area contributed by atoms with Crippen molar-refractivity contribution in [2.24, 2.45) is 5.92 Å². The molecule has 0 unspecified atom stereocenters. The second-order valence-electron chi connectivity index (χ2n) is 8.35. The minimum atomic E-state index is -0.536. The van der Waals surface area contributed by atoms with Crippen LogP contribution in [-0.4, -0.2) is 66.3 Å². The highest BCUT2D eigenvalue weighted by Gasteiger charge is 2.44. The molecule has 3 heterocycles. The van der Waals surface area contributed by atoms with Gasteiger partial charge in [-0.25, -0.2) is 0 Å². The first kappa shape index (κ1) is 19.7. The smallest absolute Gasteiger partial charge is 0.225 e.